The Morgan fingerprint density at radius 2 is 0.760 bits per heavy atom. The smallest absolute Gasteiger partial charge is 0.164 e. The van der Waals surface area contributed by atoms with E-state index < -0.39 is 0 Å². The standard InChI is InChI=1S/C69H42N4O2/c1-4-17-43(18-5-1)47-35-37-59-56(41-47)54-27-10-11-31-58(54)73(59)60-32-16-34-63-65(60)57-42-48(36-38-61(57)74-63)46-23-12-25-50(39-46)53-29-14-30-55-64-52(28-15-33-62(64)75-66(53)55)49-24-13-26-51(40-49)69-71-67(44-19-6-2-7-20-44)70-68(72-69)45-21-8-3-9-22-45/h1-42H. The molecule has 0 aliphatic carbocycles. The van der Waals surface area contributed by atoms with Crippen molar-refractivity contribution in [3.05, 3.63) is 255 Å². The fourth-order valence-corrected chi connectivity index (χ4v) is 11.2. The summed E-state index contributed by atoms with van der Waals surface area (Å²) >= 11 is 0. The molecular weight excluding hydrogens is 917 g/mol. The Kier molecular flexibility index (Phi) is 9.78. The molecule has 0 radical (unpaired) electrons. The molecule has 350 valence electrons. The second-order valence-electron chi connectivity index (χ2n) is 19.1. The van der Waals surface area contributed by atoms with Crippen molar-refractivity contribution in [1.82, 2.24) is 19.5 Å². The number of nitrogens with zero attached hydrogens (tertiary/aromatic N) is 4. The van der Waals surface area contributed by atoms with Crippen molar-refractivity contribution in [3.8, 4) is 84.4 Å². The van der Waals surface area contributed by atoms with Gasteiger partial charge in [-0.15, -0.1) is 0 Å². The Balaban J connectivity index is 0.818. The van der Waals surface area contributed by atoms with Gasteiger partial charge in [-0.1, -0.05) is 194 Å². The van der Waals surface area contributed by atoms with Gasteiger partial charge in [-0.05, 0) is 99.6 Å². The molecule has 0 amide bonds. The van der Waals surface area contributed by atoms with Crippen LogP contribution in [-0.4, -0.2) is 19.5 Å². The van der Waals surface area contributed by atoms with Crippen molar-refractivity contribution in [2.24, 2.45) is 0 Å². The fourth-order valence-electron chi connectivity index (χ4n) is 11.2. The fraction of sp³-hybridized carbons (Fsp3) is 0. The molecule has 0 N–H and O–H groups in total. The van der Waals surface area contributed by atoms with Crippen LogP contribution in [0.4, 0.5) is 0 Å². The van der Waals surface area contributed by atoms with Gasteiger partial charge in [-0.3, -0.25) is 0 Å². The number of rotatable bonds is 8. The summed E-state index contributed by atoms with van der Waals surface area (Å²) in [7, 11) is 0. The molecule has 11 aromatic carbocycles. The Hall–Kier alpha value is -10.2. The maximum atomic E-state index is 6.88. The highest BCUT2D eigenvalue weighted by atomic mass is 16.3. The van der Waals surface area contributed by atoms with Gasteiger partial charge in [-0.25, -0.2) is 15.0 Å². The van der Waals surface area contributed by atoms with E-state index in [4.69, 9.17) is 23.8 Å². The molecule has 0 bridgehead atoms. The quantitative estimate of drug-likeness (QED) is 0.152. The van der Waals surface area contributed by atoms with Crippen LogP contribution in [0, 0.1) is 0 Å². The highest BCUT2D eigenvalue weighted by Crippen LogP contribution is 2.44. The minimum atomic E-state index is 0.609. The van der Waals surface area contributed by atoms with Crippen LogP contribution in [0.2, 0.25) is 0 Å². The third-order valence-corrected chi connectivity index (χ3v) is 14.7. The second kappa shape index (κ2) is 17.3. The molecule has 4 heterocycles. The van der Waals surface area contributed by atoms with Crippen molar-refractivity contribution >= 4 is 65.7 Å². The Labute approximate surface area is 431 Å². The summed E-state index contributed by atoms with van der Waals surface area (Å²) in [5.74, 6) is 1.86. The maximum absolute atomic E-state index is 6.88. The first-order valence-electron chi connectivity index (χ1n) is 25.2. The predicted molar refractivity (Wildman–Crippen MR) is 307 cm³/mol. The first-order valence-corrected chi connectivity index (χ1v) is 25.2. The van der Waals surface area contributed by atoms with Gasteiger partial charge in [0.2, 0.25) is 0 Å². The lowest BCUT2D eigenvalue weighted by atomic mass is 9.95. The topological polar surface area (TPSA) is 69.9 Å². The van der Waals surface area contributed by atoms with Crippen molar-refractivity contribution in [3.63, 3.8) is 0 Å². The molecule has 0 fully saturated rings. The number of benzene rings is 11. The van der Waals surface area contributed by atoms with E-state index in [0.717, 1.165) is 111 Å². The molecule has 0 saturated heterocycles. The summed E-state index contributed by atoms with van der Waals surface area (Å²) in [5, 5.41) is 6.68. The van der Waals surface area contributed by atoms with Gasteiger partial charge in [0.15, 0.2) is 17.5 Å². The zero-order valence-corrected chi connectivity index (χ0v) is 40.4. The summed E-state index contributed by atoms with van der Waals surface area (Å²) in [6.45, 7) is 0. The van der Waals surface area contributed by atoms with E-state index in [1.165, 1.54) is 21.9 Å². The van der Waals surface area contributed by atoms with Crippen LogP contribution in [0.3, 0.4) is 0 Å². The Bertz CT molecular complexity index is 4650. The van der Waals surface area contributed by atoms with Crippen LogP contribution in [0.25, 0.3) is 150 Å². The number of aromatic nitrogens is 4. The Morgan fingerprint density at radius 3 is 1.52 bits per heavy atom. The molecular formula is C69H42N4O2. The summed E-state index contributed by atoms with van der Waals surface area (Å²) < 4.78 is 15.9. The van der Waals surface area contributed by atoms with Gasteiger partial charge in [0.05, 0.1) is 22.1 Å². The van der Waals surface area contributed by atoms with E-state index in [9.17, 15) is 0 Å². The third kappa shape index (κ3) is 7.14. The zero-order valence-electron chi connectivity index (χ0n) is 40.4. The van der Waals surface area contributed by atoms with Crippen molar-refractivity contribution in [2.75, 3.05) is 0 Å². The van der Waals surface area contributed by atoms with Crippen LogP contribution < -0.4 is 0 Å². The van der Waals surface area contributed by atoms with E-state index in [2.05, 4.69) is 199 Å². The third-order valence-electron chi connectivity index (χ3n) is 14.7. The monoisotopic (exact) mass is 958 g/mol. The number of hydrogen-bond donors (Lipinski definition) is 0. The lowest BCUT2D eigenvalue weighted by Crippen LogP contribution is -2.00. The number of hydrogen-bond acceptors (Lipinski definition) is 5. The summed E-state index contributed by atoms with van der Waals surface area (Å²) in [4.78, 5) is 15.0. The largest absolute Gasteiger partial charge is 0.456 e. The minimum Gasteiger partial charge on any atom is -0.456 e. The molecule has 0 aliphatic rings. The van der Waals surface area contributed by atoms with E-state index in [0.29, 0.717) is 17.5 Å². The molecule has 15 aromatic rings. The van der Waals surface area contributed by atoms with Crippen LogP contribution in [0.5, 0.6) is 0 Å². The SMILES string of the molecule is c1ccc(-c2ccc3c(c2)c2ccccc2n3-c2cccc3oc4ccc(-c5cccc(-c6cccc7c6oc6cccc(-c8cccc(-c9nc(-c%10ccccc%10)nc(-c%10ccccc%10)n9)c8)c67)c5)cc4c23)cc1. The number of furan rings is 2. The lowest BCUT2D eigenvalue weighted by Gasteiger charge is -2.11. The Morgan fingerprint density at radius 1 is 0.267 bits per heavy atom. The summed E-state index contributed by atoms with van der Waals surface area (Å²) in [5.41, 5.74) is 18.3. The van der Waals surface area contributed by atoms with Crippen LogP contribution in [-0.2, 0) is 0 Å². The highest BCUT2D eigenvalue weighted by molar-refractivity contribution is 6.17. The molecule has 0 unspecified atom stereocenters. The van der Waals surface area contributed by atoms with Gasteiger partial charge >= 0.3 is 0 Å². The van der Waals surface area contributed by atoms with Gasteiger partial charge in [0.1, 0.15) is 22.3 Å². The molecule has 0 saturated carbocycles. The normalized spacial score (nSPS) is 11.7. The van der Waals surface area contributed by atoms with Crippen LogP contribution >= 0.6 is 0 Å². The van der Waals surface area contributed by atoms with Crippen molar-refractivity contribution in [1.29, 1.82) is 0 Å². The van der Waals surface area contributed by atoms with Gasteiger partial charge in [0, 0.05) is 49.2 Å². The van der Waals surface area contributed by atoms with E-state index >= 15 is 0 Å². The lowest BCUT2D eigenvalue weighted by molar-refractivity contribution is 0.669. The predicted octanol–water partition coefficient (Wildman–Crippen LogP) is 18.4. The van der Waals surface area contributed by atoms with Crippen molar-refractivity contribution in [2.45, 2.75) is 0 Å². The highest BCUT2D eigenvalue weighted by Gasteiger charge is 2.21. The van der Waals surface area contributed by atoms with E-state index in [1.54, 1.807) is 0 Å². The number of para-hydroxylation sites is 2. The molecule has 4 aromatic heterocycles. The first-order chi connectivity index (χ1) is 37.2. The average Bonchev–Trinajstić information content (AvgIpc) is 4.17. The maximum Gasteiger partial charge on any atom is 0.164 e. The van der Waals surface area contributed by atoms with Gasteiger partial charge in [-0.2, -0.15) is 0 Å². The second-order valence-corrected chi connectivity index (χ2v) is 19.1. The van der Waals surface area contributed by atoms with Crippen molar-refractivity contribution < 1.29 is 8.83 Å². The molecule has 75 heavy (non-hydrogen) atoms. The molecule has 0 atom stereocenters. The summed E-state index contributed by atoms with van der Waals surface area (Å²) in [6.07, 6.45) is 0. The van der Waals surface area contributed by atoms with Crippen LogP contribution in [0.15, 0.2) is 264 Å². The molecule has 0 spiro atoms. The molecule has 15 rings (SSSR count). The van der Waals surface area contributed by atoms with Crippen LogP contribution in [0.1, 0.15) is 0 Å². The average molecular weight is 959 g/mol. The zero-order chi connectivity index (χ0) is 49.4. The van der Waals surface area contributed by atoms with E-state index in [-0.39, 0.29) is 0 Å². The number of fused-ring (bicyclic) bond motifs is 9. The minimum absolute atomic E-state index is 0.609. The summed E-state index contributed by atoms with van der Waals surface area (Å²) in [6, 6.07) is 89.3. The van der Waals surface area contributed by atoms with Gasteiger partial charge in [0.25, 0.3) is 0 Å². The van der Waals surface area contributed by atoms with E-state index in [1.807, 2.05) is 60.7 Å². The molecule has 0 aliphatic heterocycles. The molecule has 6 heteroatoms. The molecule has 6 nitrogen and oxygen atoms in total. The van der Waals surface area contributed by atoms with Gasteiger partial charge < -0.3 is 13.4 Å². The first kappa shape index (κ1) is 42.5.